The maximum atomic E-state index is 10.5. The topological polar surface area (TPSA) is 110 Å². The molecule has 0 spiro atoms. The van der Waals surface area contributed by atoms with Crippen LogP contribution in [-0.4, -0.2) is 39.5 Å². The van der Waals surface area contributed by atoms with E-state index in [2.05, 4.69) is 60.7 Å². The molecule has 0 atom stereocenters. The Bertz CT molecular complexity index is 1330. The number of hydrogen-bond donors (Lipinski definition) is 0. The molecule has 9 heteroatoms. The Morgan fingerprint density at radius 2 is 1.52 bits per heavy atom. The number of ether oxygens (including phenoxy) is 1. The number of nitrogens with zero attached hydrogens (tertiary/aromatic N) is 1. The largest absolute Gasteiger partial charge is 0.744 e. The van der Waals surface area contributed by atoms with Gasteiger partial charge in [0.05, 0.1) is 4.92 Å². The van der Waals surface area contributed by atoms with E-state index in [-0.39, 0.29) is 0 Å². The molecule has 0 saturated carbocycles. The summed E-state index contributed by atoms with van der Waals surface area (Å²) in [4.78, 5) is 8.55. The first-order valence-electron chi connectivity index (χ1n) is 8.96. The van der Waals surface area contributed by atoms with Crippen LogP contribution in [0.25, 0.3) is 19.6 Å². The van der Waals surface area contributed by atoms with Crippen molar-refractivity contribution < 1.29 is 22.6 Å². The molecule has 7 nitrogen and oxygen atoms in total. The van der Waals surface area contributed by atoms with Crippen LogP contribution in [0.15, 0.2) is 89.8 Å². The zero-order valence-electron chi connectivity index (χ0n) is 16.3. The molecule has 0 N–H and O–H groups in total. The van der Waals surface area contributed by atoms with Gasteiger partial charge in [-0.2, -0.15) is 0 Å². The quantitative estimate of drug-likeness (QED) is 0.178. The molecule has 1 aromatic heterocycles. The molecule has 0 radical (unpaired) electrons. The number of rotatable bonds is 4. The van der Waals surface area contributed by atoms with Crippen LogP contribution in [0.1, 0.15) is 0 Å². The van der Waals surface area contributed by atoms with Crippen LogP contribution in [-0.2, 0) is 10.1 Å². The van der Waals surface area contributed by atoms with Crippen LogP contribution in [0.3, 0.4) is 0 Å². The molecule has 0 fully saturated rings. The molecule has 0 saturated heterocycles. The van der Waals surface area contributed by atoms with Gasteiger partial charge in [-0.15, -0.1) is 0 Å². The van der Waals surface area contributed by atoms with E-state index >= 15 is 0 Å². The summed E-state index contributed by atoms with van der Waals surface area (Å²) in [6.45, 7) is 0. The van der Waals surface area contributed by atoms with Gasteiger partial charge in [0, 0.05) is 6.07 Å². The summed E-state index contributed by atoms with van der Waals surface area (Å²) in [6.07, 6.45) is 0. The molecular weight excluding hydrogens is 485 g/mol. The van der Waals surface area contributed by atoms with E-state index < -0.39 is 25.6 Å². The maximum absolute atomic E-state index is 10.5. The molecular formula is C22H17NO6SSe. The van der Waals surface area contributed by atoms with E-state index in [1.54, 1.807) is 7.11 Å². The third kappa shape index (κ3) is 5.53. The number of para-hydroxylation sites is 1. The first kappa shape index (κ1) is 22.6. The average Bonchev–Trinajstić information content (AvgIpc) is 2.78. The molecule has 1 heterocycles. The van der Waals surface area contributed by atoms with Crippen LogP contribution in [0.5, 0.6) is 5.75 Å². The van der Waals surface area contributed by atoms with Gasteiger partial charge in [-0.1, -0.05) is 12.1 Å². The second-order valence-corrected chi connectivity index (χ2v) is 9.84. The Labute approximate surface area is 185 Å². The van der Waals surface area contributed by atoms with Crippen LogP contribution in [0, 0.1) is 10.1 Å². The van der Waals surface area contributed by atoms with Crippen molar-refractivity contribution in [1.29, 1.82) is 0 Å². The molecule has 4 rings (SSSR count). The van der Waals surface area contributed by atoms with Gasteiger partial charge in [0.25, 0.3) is 5.69 Å². The number of benzene rings is 3. The molecule has 4 aromatic rings. The van der Waals surface area contributed by atoms with E-state index in [0.29, 0.717) is 14.5 Å². The van der Waals surface area contributed by atoms with Crippen molar-refractivity contribution in [2.24, 2.45) is 0 Å². The summed E-state index contributed by atoms with van der Waals surface area (Å²) in [5.74, 6) is 0.970. The summed E-state index contributed by atoms with van der Waals surface area (Å²) < 4.78 is 39.8. The second-order valence-electron chi connectivity index (χ2n) is 6.22. The Morgan fingerprint density at radius 3 is 2.13 bits per heavy atom. The molecule has 3 aromatic carbocycles. The molecule has 0 unspecified atom stereocenters. The first-order chi connectivity index (χ1) is 14.8. The Kier molecular flexibility index (Phi) is 7.14. The zero-order chi connectivity index (χ0) is 22.4. The maximum Gasteiger partial charge on any atom is 0.286 e. The Balaban J connectivity index is 0.000000187. The Hall–Kier alpha value is -3.10. The van der Waals surface area contributed by atoms with Crippen molar-refractivity contribution in [2.75, 3.05) is 7.11 Å². The molecule has 0 aliphatic carbocycles. The number of nitro groups is 1. The van der Waals surface area contributed by atoms with Crippen molar-refractivity contribution in [3.8, 4) is 15.8 Å². The minimum absolute atomic E-state index is 0.347. The van der Waals surface area contributed by atoms with Crippen molar-refractivity contribution in [1.82, 2.24) is 0 Å². The average molecular weight is 502 g/mol. The molecule has 0 amide bonds. The monoisotopic (exact) mass is 503 g/mol. The predicted octanol–water partition coefficient (Wildman–Crippen LogP) is 4.35. The van der Waals surface area contributed by atoms with Crippen molar-refractivity contribution in [3.05, 3.63) is 95.0 Å². The standard InChI is InChI=1S/C16H13OSe.C6H5NO5S/c1-17-14-11-16(12-7-3-2-4-8-12)18-15-10-6-5-9-13(14)15;8-7(9)5-3-1-2-4-6(5)13(10,11)12/h2-11H,1H3;1-4H,(H,10,11,12)/q+1;/p-1. The SMILES string of the molecule is COc1cc(-c2ccccc2)[se+]c2ccccc12.O=[N+]([O-])c1ccccc1S(=O)(=O)[O-]. The number of nitro benzene ring substituents is 1. The summed E-state index contributed by atoms with van der Waals surface area (Å²) in [7, 11) is -3.03. The van der Waals surface area contributed by atoms with Crippen molar-refractivity contribution >= 4 is 40.0 Å². The third-order valence-electron chi connectivity index (χ3n) is 4.24. The van der Waals surface area contributed by atoms with Gasteiger partial charge in [0.15, 0.2) is 0 Å². The van der Waals surface area contributed by atoms with Crippen molar-refractivity contribution in [3.63, 3.8) is 0 Å². The first-order valence-corrected chi connectivity index (χ1v) is 12.1. The minimum Gasteiger partial charge on any atom is -0.744 e. The van der Waals surface area contributed by atoms with E-state index in [0.717, 1.165) is 17.9 Å². The predicted molar refractivity (Wildman–Crippen MR) is 118 cm³/mol. The van der Waals surface area contributed by atoms with Gasteiger partial charge < -0.3 is 4.55 Å². The van der Waals surface area contributed by atoms with Gasteiger partial charge in [0.2, 0.25) is 0 Å². The van der Waals surface area contributed by atoms with E-state index in [4.69, 9.17) is 4.74 Å². The fraction of sp³-hybridized carbons (Fsp3) is 0.0455. The second kappa shape index (κ2) is 9.80. The fourth-order valence-corrected chi connectivity index (χ4v) is 5.75. The van der Waals surface area contributed by atoms with E-state index in [9.17, 15) is 23.1 Å². The number of methoxy groups -OCH3 is 1. The summed E-state index contributed by atoms with van der Waals surface area (Å²) >= 11 is 0.347. The smallest absolute Gasteiger partial charge is 0.286 e. The zero-order valence-corrected chi connectivity index (χ0v) is 18.8. The van der Waals surface area contributed by atoms with Crippen LogP contribution >= 0.6 is 0 Å². The molecule has 158 valence electrons. The minimum atomic E-state index is -4.77. The molecule has 31 heavy (non-hydrogen) atoms. The van der Waals surface area contributed by atoms with Gasteiger partial charge in [-0.3, -0.25) is 10.1 Å². The van der Waals surface area contributed by atoms with Crippen LogP contribution < -0.4 is 4.74 Å². The summed E-state index contributed by atoms with van der Waals surface area (Å²) in [5, 5.41) is 11.5. The fourth-order valence-electron chi connectivity index (χ4n) is 2.84. The summed E-state index contributed by atoms with van der Waals surface area (Å²) in [6, 6.07) is 25.6. The normalized spacial score (nSPS) is 10.8. The number of fused-ring (bicyclic) bond motifs is 1. The van der Waals surface area contributed by atoms with Crippen LogP contribution in [0.2, 0.25) is 0 Å². The van der Waals surface area contributed by atoms with Crippen LogP contribution in [0.4, 0.5) is 5.69 Å². The number of hydrogen-bond acceptors (Lipinski definition) is 6. The third-order valence-corrected chi connectivity index (χ3v) is 7.54. The molecule has 0 bridgehead atoms. The van der Waals surface area contributed by atoms with Gasteiger partial charge in [-0.05, 0) is 6.07 Å². The summed E-state index contributed by atoms with van der Waals surface area (Å²) in [5.41, 5.74) is 0.596. The Morgan fingerprint density at radius 1 is 0.903 bits per heavy atom. The van der Waals surface area contributed by atoms with E-state index in [1.165, 1.54) is 31.8 Å². The van der Waals surface area contributed by atoms with Gasteiger partial charge in [0.1, 0.15) is 15.0 Å². The van der Waals surface area contributed by atoms with E-state index in [1.807, 2.05) is 0 Å². The molecule has 0 aliphatic rings. The van der Waals surface area contributed by atoms with Gasteiger partial charge >= 0.3 is 112 Å². The van der Waals surface area contributed by atoms with Crippen molar-refractivity contribution in [2.45, 2.75) is 4.90 Å². The van der Waals surface area contributed by atoms with Gasteiger partial charge in [-0.25, -0.2) is 8.42 Å². The molecule has 0 aliphatic heterocycles.